The highest BCUT2D eigenvalue weighted by molar-refractivity contribution is 5.53. The summed E-state index contributed by atoms with van der Waals surface area (Å²) in [7, 11) is 1.95. The molecule has 1 unspecified atom stereocenters. The Labute approximate surface area is 110 Å². The van der Waals surface area contributed by atoms with E-state index in [9.17, 15) is 9.50 Å². The van der Waals surface area contributed by atoms with Crippen LogP contribution >= 0.6 is 0 Å². The van der Waals surface area contributed by atoms with Crippen molar-refractivity contribution in [2.75, 3.05) is 18.6 Å². The van der Waals surface area contributed by atoms with Gasteiger partial charge in [-0.2, -0.15) is 0 Å². The maximum Gasteiger partial charge on any atom is 0.128 e. The summed E-state index contributed by atoms with van der Waals surface area (Å²) in [5.41, 5.74) is 1.96. The minimum Gasteiger partial charge on any atom is -0.508 e. The van der Waals surface area contributed by atoms with Crippen LogP contribution in [0.15, 0.2) is 42.5 Å². The molecule has 0 spiro atoms. The molecule has 0 bridgehead atoms. The van der Waals surface area contributed by atoms with Crippen LogP contribution in [0, 0.1) is 5.82 Å². The van der Waals surface area contributed by atoms with Crippen LogP contribution in [0.4, 0.5) is 10.1 Å². The molecule has 1 atom stereocenters. The summed E-state index contributed by atoms with van der Waals surface area (Å²) in [4.78, 5) is 2.04. The normalized spacial score (nSPS) is 16.8. The maximum absolute atomic E-state index is 12.9. The molecule has 0 amide bonds. The third-order valence-corrected chi connectivity index (χ3v) is 3.45. The highest BCUT2D eigenvalue weighted by atomic mass is 19.1. The molecule has 4 heteroatoms. The van der Waals surface area contributed by atoms with E-state index in [1.54, 1.807) is 24.3 Å². The van der Waals surface area contributed by atoms with Crippen molar-refractivity contribution in [3.05, 3.63) is 53.8 Å². The van der Waals surface area contributed by atoms with Crippen LogP contribution < -0.4 is 9.64 Å². The number of rotatable bonds is 2. The zero-order valence-electron chi connectivity index (χ0n) is 10.5. The van der Waals surface area contributed by atoms with E-state index in [1.165, 1.54) is 12.1 Å². The molecule has 3 nitrogen and oxygen atoms in total. The number of nitrogens with zero attached hydrogens (tertiary/aromatic N) is 1. The van der Waals surface area contributed by atoms with Gasteiger partial charge in [0.2, 0.25) is 0 Å². The monoisotopic (exact) mass is 259 g/mol. The Morgan fingerprint density at radius 1 is 1.21 bits per heavy atom. The summed E-state index contributed by atoms with van der Waals surface area (Å²) in [5.74, 6) is 0.660. The summed E-state index contributed by atoms with van der Waals surface area (Å²) in [6.07, 6.45) is 0. The lowest BCUT2D eigenvalue weighted by atomic mass is 10.1. The van der Waals surface area contributed by atoms with Crippen LogP contribution in [0.2, 0.25) is 0 Å². The first-order chi connectivity index (χ1) is 9.15. The number of anilines is 1. The van der Waals surface area contributed by atoms with Gasteiger partial charge in [0.25, 0.3) is 0 Å². The zero-order valence-corrected chi connectivity index (χ0v) is 10.5. The van der Waals surface area contributed by atoms with Gasteiger partial charge >= 0.3 is 0 Å². The van der Waals surface area contributed by atoms with Crippen LogP contribution in [0.5, 0.6) is 11.5 Å². The highest BCUT2D eigenvalue weighted by Crippen LogP contribution is 2.39. The van der Waals surface area contributed by atoms with E-state index >= 15 is 0 Å². The zero-order chi connectivity index (χ0) is 13.4. The molecule has 19 heavy (non-hydrogen) atoms. The lowest BCUT2D eigenvalue weighted by Crippen LogP contribution is -2.25. The van der Waals surface area contributed by atoms with Gasteiger partial charge in [0.15, 0.2) is 0 Å². The van der Waals surface area contributed by atoms with Gasteiger partial charge in [0.05, 0.1) is 6.04 Å². The Kier molecular flexibility index (Phi) is 2.78. The van der Waals surface area contributed by atoms with Crippen molar-refractivity contribution in [1.82, 2.24) is 0 Å². The molecular weight excluding hydrogens is 245 g/mol. The standard InChI is InChI=1S/C15H14FNO2/c1-17(11-4-2-10(16)3-5-11)14-9-19-15-8-12(18)6-7-13(14)15/h2-8,14,18H,9H2,1H3. The van der Waals surface area contributed by atoms with E-state index in [-0.39, 0.29) is 17.6 Å². The van der Waals surface area contributed by atoms with Gasteiger partial charge in [0, 0.05) is 24.4 Å². The number of halogens is 1. The number of phenolic OH excluding ortho intramolecular Hbond substituents is 1. The minimum atomic E-state index is -0.245. The van der Waals surface area contributed by atoms with Gasteiger partial charge in [0.1, 0.15) is 23.9 Å². The Bertz CT molecular complexity index is 598. The van der Waals surface area contributed by atoms with Crippen molar-refractivity contribution in [1.29, 1.82) is 0 Å². The maximum atomic E-state index is 12.9. The Balaban J connectivity index is 1.91. The number of hydrogen-bond donors (Lipinski definition) is 1. The second-order valence-corrected chi connectivity index (χ2v) is 4.64. The topological polar surface area (TPSA) is 32.7 Å². The van der Waals surface area contributed by atoms with Crippen molar-refractivity contribution in [3.8, 4) is 11.5 Å². The number of aromatic hydroxyl groups is 1. The van der Waals surface area contributed by atoms with Crippen molar-refractivity contribution in [2.24, 2.45) is 0 Å². The molecule has 0 fully saturated rings. The second-order valence-electron chi connectivity index (χ2n) is 4.64. The van der Waals surface area contributed by atoms with Crippen LogP contribution in [0.3, 0.4) is 0 Å². The van der Waals surface area contributed by atoms with E-state index in [0.717, 1.165) is 11.3 Å². The largest absolute Gasteiger partial charge is 0.508 e. The fourth-order valence-corrected chi connectivity index (χ4v) is 2.36. The summed E-state index contributed by atoms with van der Waals surface area (Å²) in [6.45, 7) is 0.520. The predicted octanol–water partition coefficient (Wildman–Crippen LogP) is 3.10. The second kappa shape index (κ2) is 4.46. The number of fused-ring (bicyclic) bond motifs is 1. The van der Waals surface area contributed by atoms with E-state index in [0.29, 0.717) is 12.4 Å². The first kappa shape index (κ1) is 11.8. The first-order valence-corrected chi connectivity index (χ1v) is 6.09. The molecule has 2 aromatic rings. The quantitative estimate of drug-likeness (QED) is 0.899. The van der Waals surface area contributed by atoms with Gasteiger partial charge in [-0.15, -0.1) is 0 Å². The number of ether oxygens (including phenoxy) is 1. The molecular formula is C15H14FNO2. The van der Waals surface area contributed by atoms with E-state index in [4.69, 9.17) is 4.74 Å². The number of benzene rings is 2. The molecule has 1 heterocycles. The van der Waals surface area contributed by atoms with Crippen molar-refractivity contribution in [3.63, 3.8) is 0 Å². The third kappa shape index (κ3) is 2.10. The lowest BCUT2D eigenvalue weighted by Gasteiger charge is -2.25. The van der Waals surface area contributed by atoms with Gasteiger partial charge in [-0.05, 0) is 36.4 Å². The average molecular weight is 259 g/mol. The molecule has 0 saturated carbocycles. The highest BCUT2D eigenvalue weighted by Gasteiger charge is 2.28. The Morgan fingerprint density at radius 2 is 1.95 bits per heavy atom. The molecule has 98 valence electrons. The van der Waals surface area contributed by atoms with E-state index < -0.39 is 0 Å². The van der Waals surface area contributed by atoms with Gasteiger partial charge in [-0.3, -0.25) is 0 Å². The molecule has 3 rings (SSSR count). The molecule has 0 aliphatic carbocycles. The number of phenols is 1. The summed E-state index contributed by atoms with van der Waals surface area (Å²) >= 11 is 0. The van der Waals surface area contributed by atoms with E-state index in [2.05, 4.69) is 0 Å². The Morgan fingerprint density at radius 3 is 2.68 bits per heavy atom. The van der Waals surface area contributed by atoms with E-state index in [1.807, 2.05) is 18.0 Å². The van der Waals surface area contributed by atoms with Crippen LogP contribution in [0.25, 0.3) is 0 Å². The minimum absolute atomic E-state index is 0.0704. The number of hydrogen-bond acceptors (Lipinski definition) is 3. The fourth-order valence-electron chi connectivity index (χ4n) is 2.36. The fraction of sp³-hybridized carbons (Fsp3) is 0.200. The first-order valence-electron chi connectivity index (χ1n) is 6.09. The summed E-state index contributed by atoms with van der Waals surface area (Å²) < 4.78 is 18.5. The predicted molar refractivity (Wildman–Crippen MR) is 71.1 cm³/mol. The van der Waals surface area contributed by atoms with Crippen LogP contribution in [0.1, 0.15) is 11.6 Å². The molecule has 1 aliphatic heterocycles. The molecule has 1 aliphatic rings. The smallest absolute Gasteiger partial charge is 0.128 e. The molecule has 0 saturated heterocycles. The molecule has 0 radical (unpaired) electrons. The lowest BCUT2D eigenvalue weighted by molar-refractivity contribution is 0.328. The van der Waals surface area contributed by atoms with Crippen molar-refractivity contribution in [2.45, 2.75) is 6.04 Å². The SMILES string of the molecule is CN(c1ccc(F)cc1)C1COc2cc(O)ccc21. The van der Waals surface area contributed by atoms with Gasteiger partial charge in [-0.1, -0.05) is 0 Å². The van der Waals surface area contributed by atoms with Crippen molar-refractivity contribution < 1.29 is 14.2 Å². The van der Waals surface area contributed by atoms with Crippen LogP contribution in [-0.2, 0) is 0 Å². The average Bonchev–Trinajstić information content (AvgIpc) is 2.81. The Hall–Kier alpha value is -2.23. The number of likely N-dealkylation sites (N-methyl/N-ethyl adjacent to an activating group) is 1. The third-order valence-electron chi connectivity index (χ3n) is 3.45. The van der Waals surface area contributed by atoms with Gasteiger partial charge < -0.3 is 14.7 Å². The summed E-state index contributed by atoms with van der Waals surface area (Å²) in [5, 5.41) is 9.43. The van der Waals surface area contributed by atoms with Gasteiger partial charge in [-0.25, -0.2) is 4.39 Å². The molecule has 0 aromatic heterocycles. The summed E-state index contributed by atoms with van der Waals surface area (Å²) in [6, 6.07) is 11.6. The molecule has 1 N–H and O–H groups in total. The van der Waals surface area contributed by atoms with Crippen molar-refractivity contribution >= 4 is 5.69 Å². The molecule has 2 aromatic carbocycles. The van der Waals surface area contributed by atoms with Crippen LogP contribution in [-0.4, -0.2) is 18.8 Å².